The fraction of sp³-hybridized carbons (Fsp3) is 0.238. The molecule has 6 nitrogen and oxygen atoms in total. The first-order valence-corrected chi connectivity index (χ1v) is 8.99. The van der Waals surface area contributed by atoms with Gasteiger partial charge < -0.3 is 20.0 Å². The van der Waals surface area contributed by atoms with Crippen LogP contribution in [-0.2, 0) is 4.79 Å². The molecule has 0 fully saturated rings. The van der Waals surface area contributed by atoms with Gasteiger partial charge in [0.15, 0.2) is 0 Å². The number of benzene rings is 2. The predicted octanol–water partition coefficient (Wildman–Crippen LogP) is 4.49. The molecule has 3 rings (SSSR count). The molecule has 6 heteroatoms. The summed E-state index contributed by atoms with van der Waals surface area (Å²) in [6.07, 6.45) is 0. The second kappa shape index (κ2) is 7.95. The highest BCUT2D eigenvalue weighted by Crippen LogP contribution is 2.31. The number of para-hydroxylation sites is 1. The highest BCUT2D eigenvalue weighted by molar-refractivity contribution is 6.14. The Morgan fingerprint density at radius 3 is 2.26 bits per heavy atom. The molecule has 1 heterocycles. The van der Waals surface area contributed by atoms with Gasteiger partial charge in [-0.1, -0.05) is 12.1 Å². The number of furan rings is 1. The van der Waals surface area contributed by atoms with Crippen molar-refractivity contribution in [2.45, 2.75) is 20.8 Å². The molecular weight excluding hydrogens is 342 g/mol. The highest BCUT2D eigenvalue weighted by Gasteiger charge is 2.21. The van der Waals surface area contributed by atoms with Gasteiger partial charge in [-0.25, -0.2) is 0 Å². The lowest BCUT2D eigenvalue weighted by molar-refractivity contribution is -0.114. The average molecular weight is 365 g/mol. The predicted molar refractivity (Wildman–Crippen MR) is 108 cm³/mol. The van der Waals surface area contributed by atoms with E-state index in [2.05, 4.69) is 29.4 Å². The highest BCUT2D eigenvalue weighted by atomic mass is 16.3. The Kier molecular flexibility index (Phi) is 5.45. The summed E-state index contributed by atoms with van der Waals surface area (Å²) in [5.41, 5.74) is 2.68. The number of carbonyl (C=O) groups is 2. The van der Waals surface area contributed by atoms with Gasteiger partial charge in [0.2, 0.25) is 11.7 Å². The number of anilines is 3. The zero-order chi connectivity index (χ0) is 19.4. The van der Waals surface area contributed by atoms with Crippen molar-refractivity contribution in [2.24, 2.45) is 0 Å². The molecule has 0 saturated carbocycles. The van der Waals surface area contributed by atoms with E-state index in [0.29, 0.717) is 22.3 Å². The monoisotopic (exact) mass is 365 g/mol. The Labute approximate surface area is 158 Å². The van der Waals surface area contributed by atoms with Crippen LogP contribution >= 0.6 is 0 Å². The largest absolute Gasteiger partial charge is 0.449 e. The molecule has 0 unspecified atom stereocenters. The molecule has 0 aliphatic rings. The minimum atomic E-state index is -0.412. The van der Waals surface area contributed by atoms with Crippen molar-refractivity contribution >= 4 is 39.8 Å². The third kappa shape index (κ3) is 3.95. The van der Waals surface area contributed by atoms with Crippen molar-refractivity contribution in [1.29, 1.82) is 0 Å². The van der Waals surface area contributed by atoms with Crippen molar-refractivity contribution in [2.75, 3.05) is 28.6 Å². The van der Waals surface area contributed by atoms with Crippen LogP contribution < -0.4 is 15.5 Å². The summed E-state index contributed by atoms with van der Waals surface area (Å²) in [4.78, 5) is 26.5. The van der Waals surface area contributed by atoms with Crippen LogP contribution in [0.3, 0.4) is 0 Å². The first kappa shape index (κ1) is 18.5. The molecule has 0 atom stereocenters. The number of carbonyl (C=O) groups excluding carboxylic acids is 2. The fourth-order valence-corrected chi connectivity index (χ4v) is 3.04. The normalized spacial score (nSPS) is 10.6. The SMILES string of the molecule is CCN(CC)c1ccc(NC(=O)c2oc3ccccc3c2NC(C)=O)cc1. The van der Waals surface area contributed by atoms with Crippen molar-refractivity contribution in [1.82, 2.24) is 0 Å². The third-order valence-electron chi connectivity index (χ3n) is 4.36. The zero-order valence-corrected chi connectivity index (χ0v) is 15.7. The Hall–Kier alpha value is -3.28. The van der Waals surface area contributed by atoms with Crippen LogP contribution in [0.15, 0.2) is 52.9 Å². The first-order chi connectivity index (χ1) is 13.0. The van der Waals surface area contributed by atoms with E-state index in [-0.39, 0.29) is 11.7 Å². The molecule has 2 aromatic carbocycles. The second-order valence-electron chi connectivity index (χ2n) is 6.16. The van der Waals surface area contributed by atoms with Gasteiger partial charge in [0, 0.05) is 36.8 Å². The van der Waals surface area contributed by atoms with Gasteiger partial charge in [0.05, 0.1) is 0 Å². The summed E-state index contributed by atoms with van der Waals surface area (Å²) >= 11 is 0. The molecule has 0 spiro atoms. The smallest absolute Gasteiger partial charge is 0.293 e. The zero-order valence-electron chi connectivity index (χ0n) is 15.7. The maximum Gasteiger partial charge on any atom is 0.293 e. The van der Waals surface area contributed by atoms with E-state index in [9.17, 15) is 9.59 Å². The molecule has 0 radical (unpaired) electrons. The molecule has 0 bridgehead atoms. The van der Waals surface area contributed by atoms with E-state index in [1.807, 2.05) is 36.4 Å². The number of amides is 2. The molecule has 0 aliphatic carbocycles. The number of hydrogen-bond acceptors (Lipinski definition) is 4. The van der Waals surface area contributed by atoms with Crippen LogP contribution in [0.2, 0.25) is 0 Å². The molecule has 3 aromatic rings. The summed E-state index contributed by atoms with van der Waals surface area (Å²) in [7, 11) is 0. The van der Waals surface area contributed by atoms with Crippen LogP contribution in [0.25, 0.3) is 11.0 Å². The van der Waals surface area contributed by atoms with Crippen LogP contribution in [0.5, 0.6) is 0 Å². The molecule has 0 saturated heterocycles. The molecule has 27 heavy (non-hydrogen) atoms. The molecule has 0 aliphatic heterocycles. The first-order valence-electron chi connectivity index (χ1n) is 8.99. The maximum atomic E-state index is 12.8. The summed E-state index contributed by atoms with van der Waals surface area (Å²) in [6.45, 7) is 7.44. The van der Waals surface area contributed by atoms with Gasteiger partial charge >= 0.3 is 0 Å². The van der Waals surface area contributed by atoms with Crippen LogP contribution in [0.4, 0.5) is 17.1 Å². The van der Waals surface area contributed by atoms with E-state index in [1.54, 1.807) is 12.1 Å². The molecule has 1 aromatic heterocycles. The Morgan fingerprint density at radius 2 is 1.63 bits per heavy atom. The molecule has 2 N–H and O–H groups in total. The van der Waals surface area contributed by atoms with E-state index in [1.165, 1.54) is 6.92 Å². The Bertz CT molecular complexity index is 956. The lowest BCUT2D eigenvalue weighted by atomic mass is 10.2. The van der Waals surface area contributed by atoms with E-state index in [0.717, 1.165) is 18.8 Å². The lowest BCUT2D eigenvalue weighted by Gasteiger charge is -2.21. The van der Waals surface area contributed by atoms with Crippen LogP contribution in [0.1, 0.15) is 31.3 Å². The summed E-state index contributed by atoms with van der Waals surface area (Å²) in [6, 6.07) is 14.9. The number of nitrogens with one attached hydrogen (secondary N) is 2. The summed E-state index contributed by atoms with van der Waals surface area (Å²) in [5.74, 6) is -0.594. The minimum absolute atomic E-state index is 0.0826. The molecular formula is C21H23N3O3. The van der Waals surface area contributed by atoms with Crippen molar-refractivity contribution in [3.63, 3.8) is 0 Å². The number of fused-ring (bicyclic) bond motifs is 1. The summed E-state index contributed by atoms with van der Waals surface area (Å²) in [5, 5.41) is 6.22. The van der Waals surface area contributed by atoms with Gasteiger partial charge in [-0.2, -0.15) is 0 Å². The third-order valence-corrected chi connectivity index (χ3v) is 4.36. The van der Waals surface area contributed by atoms with Gasteiger partial charge in [0.25, 0.3) is 5.91 Å². The second-order valence-corrected chi connectivity index (χ2v) is 6.16. The van der Waals surface area contributed by atoms with E-state index >= 15 is 0 Å². The van der Waals surface area contributed by atoms with Crippen LogP contribution in [-0.4, -0.2) is 24.9 Å². The van der Waals surface area contributed by atoms with Gasteiger partial charge in [-0.05, 0) is 50.2 Å². The van der Waals surface area contributed by atoms with E-state index < -0.39 is 5.91 Å². The molecule has 2 amide bonds. The minimum Gasteiger partial charge on any atom is -0.449 e. The van der Waals surface area contributed by atoms with E-state index in [4.69, 9.17) is 4.42 Å². The fourth-order valence-electron chi connectivity index (χ4n) is 3.04. The Morgan fingerprint density at radius 1 is 0.963 bits per heavy atom. The number of nitrogens with zero attached hydrogens (tertiary/aromatic N) is 1. The quantitative estimate of drug-likeness (QED) is 0.675. The van der Waals surface area contributed by atoms with Gasteiger partial charge in [-0.3, -0.25) is 9.59 Å². The van der Waals surface area contributed by atoms with Gasteiger partial charge in [-0.15, -0.1) is 0 Å². The van der Waals surface area contributed by atoms with Crippen molar-refractivity contribution in [3.05, 3.63) is 54.3 Å². The Balaban J connectivity index is 1.87. The van der Waals surface area contributed by atoms with Crippen LogP contribution in [0, 0.1) is 0 Å². The van der Waals surface area contributed by atoms with Crippen molar-refractivity contribution in [3.8, 4) is 0 Å². The number of rotatable bonds is 6. The number of hydrogen-bond donors (Lipinski definition) is 2. The van der Waals surface area contributed by atoms with Gasteiger partial charge in [0.1, 0.15) is 11.3 Å². The maximum absolute atomic E-state index is 12.8. The average Bonchev–Trinajstić information content (AvgIpc) is 3.02. The topological polar surface area (TPSA) is 74.6 Å². The lowest BCUT2D eigenvalue weighted by Crippen LogP contribution is -2.21. The standard InChI is InChI=1S/C21H23N3O3/c1-4-24(5-2)16-12-10-15(11-13-16)23-21(26)20-19(22-14(3)25)17-8-6-7-9-18(17)27-20/h6-13H,4-5H2,1-3H3,(H,22,25)(H,23,26). The summed E-state index contributed by atoms with van der Waals surface area (Å²) < 4.78 is 5.70. The molecule has 140 valence electrons. The van der Waals surface area contributed by atoms with Crippen molar-refractivity contribution < 1.29 is 14.0 Å².